The lowest BCUT2D eigenvalue weighted by atomic mass is 10.0. The monoisotopic (exact) mass is 359 g/mol. The first kappa shape index (κ1) is 16.7. The van der Waals surface area contributed by atoms with Crippen molar-refractivity contribution in [1.82, 2.24) is 0 Å². The van der Waals surface area contributed by atoms with E-state index in [9.17, 15) is 9.59 Å². The van der Waals surface area contributed by atoms with Gasteiger partial charge in [0.15, 0.2) is 0 Å². The van der Waals surface area contributed by atoms with E-state index in [2.05, 4.69) is 0 Å². The highest BCUT2D eigenvalue weighted by Gasteiger charge is 2.39. The molecule has 0 saturated heterocycles. The molecule has 1 aliphatic rings. The van der Waals surface area contributed by atoms with Crippen LogP contribution in [0.5, 0.6) is 0 Å². The van der Waals surface area contributed by atoms with Crippen LogP contribution in [0, 0.1) is 20.8 Å². The van der Waals surface area contributed by atoms with Gasteiger partial charge >= 0.3 is 0 Å². The predicted octanol–water partition coefficient (Wildman–Crippen LogP) is 4.79. The third kappa shape index (κ3) is 2.64. The predicted molar refractivity (Wildman–Crippen MR) is 97.4 cm³/mol. The molecule has 0 fully saturated rings. The molecule has 0 N–H and O–H groups in total. The Bertz CT molecular complexity index is 916. The molecule has 1 heterocycles. The van der Waals surface area contributed by atoms with Gasteiger partial charge in [0.05, 0.1) is 11.3 Å². The largest absolute Gasteiger partial charge is 0.277 e. The lowest BCUT2D eigenvalue weighted by Gasteiger charge is -2.16. The molecule has 3 nitrogen and oxygen atoms in total. The molecule has 0 radical (unpaired) electrons. The van der Waals surface area contributed by atoms with Crippen LogP contribution in [0.4, 0.5) is 5.69 Å². The third-order valence-electron chi connectivity index (χ3n) is 4.24. The molecule has 5 heteroatoms. The van der Waals surface area contributed by atoms with Crippen molar-refractivity contribution in [2.45, 2.75) is 20.8 Å². The molecule has 0 aliphatic carbocycles. The molecule has 2 amide bonds. The maximum Gasteiger partial charge on any atom is 0.277 e. The first-order valence-corrected chi connectivity index (χ1v) is 8.19. The summed E-state index contributed by atoms with van der Waals surface area (Å²) >= 11 is 12.3. The maximum atomic E-state index is 12.8. The number of benzene rings is 2. The fourth-order valence-corrected chi connectivity index (χ4v) is 3.05. The lowest BCUT2D eigenvalue weighted by Crippen LogP contribution is -2.31. The zero-order chi connectivity index (χ0) is 17.6. The van der Waals surface area contributed by atoms with Gasteiger partial charge in [0.2, 0.25) is 0 Å². The van der Waals surface area contributed by atoms with Crippen molar-refractivity contribution in [2.75, 3.05) is 4.90 Å². The van der Waals surface area contributed by atoms with Crippen molar-refractivity contribution in [3.8, 4) is 0 Å². The number of amides is 2. The smallest absolute Gasteiger partial charge is 0.268 e. The van der Waals surface area contributed by atoms with Gasteiger partial charge in [-0.1, -0.05) is 47.5 Å². The van der Waals surface area contributed by atoms with E-state index in [1.54, 1.807) is 24.3 Å². The summed E-state index contributed by atoms with van der Waals surface area (Å²) in [4.78, 5) is 26.4. The Kier molecular flexibility index (Phi) is 4.24. The van der Waals surface area contributed by atoms with Crippen LogP contribution in [0.25, 0.3) is 5.57 Å². The summed E-state index contributed by atoms with van der Waals surface area (Å²) in [6, 6.07) is 10.6. The molecule has 24 heavy (non-hydrogen) atoms. The van der Waals surface area contributed by atoms with Crippen molar-refractivity contribution < 1.29 is 9.59 Å². The average Bonchev–Trinajstić information content (AvgIpc) is 2.75. The molecule has 0 unspecified atom stereocenters. The summed E-state index contributed by atoms with van der Waals surface area (Å²) in [5, 5.41) is 0.420. The van der Waals surface area contributed by atoms with E-state index < -0.39 is 11.8 Å². The minimum Gasteiger partial charge on any atom is -0.268 e. The van der Waals surface area contributed by atoms with Crippen LogP contribution in [0.2, 0.25) is 5.02 Å². The van der Waals surface area contributed by atoms with Gasteiger partial charge in [0.1, 0.15) is 5.03 Å². The van der Waals surface area contributed by atoms with Gasteiger partial charge in [-0.3, -0.25) is 9.59 Å². The molecule has 0 spiro atoms. The topological polar surface area (TPSA) is 37.4 Å². The van der Waals surface area contributed by atoms with Crippen LogP contribution >= 0.6 is 23.2 Å². The number of carbonyl (C=O) groups is 2. The van der Waals surface area contributed by atoms with Crippen molar-refractivity contribution in [1.29, 1.82) is 0 Å². The molecule has 3 rings (SSSR count). The van der Waals surface area contributed by atoms with E-state index in [-0.39, 0.29) is 10.6 Å². The minimum absolute atomic E-state index is 0.0695. The summed E-state index contributed by atoms with van der Waals surface area (Å²) in [5.41, 5.74) is 4.28. The number of carbonyl (C=O) groups excluding carboxylic acids is 2. The second kappa shape index (κ2) is 6.08. The number of imide groups is 1. The first-order valence-electron chi connectivity index (χ1n) is 7.43. The Labute approximate surface area is 150 Å². The minimum atomic E-state index is -0.533. The molecule has 2 aromatic carbocycles. The number of aryl methyl sites for hydroxylation is 3. The molecule has 2 aromatic rings. The van der Waals surface area contributed by atoms with Gasteiger partial charge in [-0.15, -0.1) is 0 Å². The molecular formula is C19H15Cl2NO2. The maximum absolute atomic E-state index is 12.8. The Hall–Kier alpha value is -2.10. The van der Waals surface area contributed by atoms with Crippen LogP contribution in [-0.2, 0) is 9.59 Å². The Morgan fingerprint density at radius 2 is 1.46 bits per heavy atom. The standard InChI is InChI=1S/C19H15Cl2NO2/c1-10-4-6-13(8-12(10)3)16-17(21)19(24)22(18(16)23)14-7-5-11(2)15(20)9-14/h4-9H,1-3H3. The highest BCUT2D eigenvalue weighted by Crippen LogP contribution is 2.36. The summed E-state index contributed by atoms with van der Waals surface area (Å²) < 4.78 is 0. The van der Waals surface area contributed by atoms with Crippen LogP contribution in [0.3, 0.4) is 0 Å². The van der Waals surface area contributed by atoms with Gasteiger partial charge in [0, 0.05) is 5.02 Å². The summed E-state index contributed by atoms with van der Waals surface area (Å²) in [5.74, 6) is -0.969. The van der Waals surface area contributed by atoms with Crippen LogP contribution < -0.4 is 4.90 Å². The van der Waals surface area contributed by atoms with Gasteiger partial charge in [0.25, 0.3) is 11.8 Å². The zero-order valence-corrected chi connectivity index (χ0v) is 15.0. The van der Waals surface area contributed by atoms with Crippen molar-refractivity contribution in [2.24, 2.45) is 0 Å². The van der Waals surface area contributed by atoms with Crippen LogP contribution in [0.15, 0.2) is 41.4 Å². The van der Waals surface area contributed by atoms with E-state index in [1.807, 2.05) is 32.9 Å². The number of hydrogen-bond acceptors (Lipinski definition) is 2. The zero-order valence-electron chi connectivity index (χ0n) is 13.5. The van der Waals surface area contributed by atoms with E-state index in [0.29, 0.717) is 16.3 Å². The van der Waals surface area contributed by atoms with Crippen LogP contribution in [-0.4, -0.2) is 11.8 Å². The first-order chi connectivity index (χ1) is 11.3. The molecule has 0 bridgehead atoms. The molecule has 0 aromatic heterocycles. The van der Waals surface area contributed by atoms with Crippen LogP contribution in [0.1, 0.15) is 22.3 Å². The van der Waals surface area contributed by atoms with Crippen molar-refractivity contribution >= 4 is 46.3 Å². The normalized spacial score (nSPS) is 14.8. The quantitative estimate of drug-likeness (QED) is 0.723. The number of hydrogen-bond donors (Lipinski definition) is 0. The molecule has 0 saturated carbocycles. The fourth-order valence-electron chi connectivity index (χ4n) is 2.61. The van der Waals surface area contributed by atoms with E-state index >= 15 is 0 Å². The third-order valence-corrected chi connectivity index (χ3v) is 4.99. The van der Waals surface area contributed by atoms with Crippen molar-refractivity contribution in [3.63, 3.8) is 0 Å². The molecule has 122 valence electrons. The van der Waals surface area contributed by atoms with E-state index in [0.717, 1.165) is 21.6 Å². The van der Waals surface area contributed by atoms with Gasteiger partial charge < -0.3 is 0 Å². The Morgan fingerprint density at radius 1 is 0.792 bits per heavy atom. The summed E-state index contributed by atoms with van der Waals surface area (Å²) in [7, 11) is 0. The molecular weight excluding hydrogens is 345 g/mol. The molecule has 1 aliphatic heterocycles. The average molecular weight is 360 g/mol. The molecule has 0 atom stereocenters. The Balaban J connectivity index is 2.07. The number of anilines is 1. The van der Waals surface area contributed by atoms with Gasteiger partial charge in [-0.2, -0.15) is 0 Å². The fraction of sp³-hybridized carbons (Fsp3) is 0.158. The number of halogens is 2. The van der Waals surface area contributed by atoms with E-state index in [1.165, 1.54) is 0 Å². The number of nitrogens with zero attached hydrogens (tertiary/aromatic N) is 1. The number of rotatable bonds is 2. The highest BCUT2D eigenvalue weighted by atomic mass is 35.5. The second-order valence-electron chi connectivity index (χ2n) is 5.87. The van der Waals surface area contributed by atoms with Gasteiger partial charge in [-0.05, 0) is 55.2 Å². The summed E-state index contributed by atoms with van der Waals surface area (Å²) in [6.07, 6.45) is 0. The van der Waals surface area contributed by atoms with E-state index in [4.69, 9.17) is 23.2 Å². The SMILES string of the molecule is Cc1ccc(C2=C(Cl)C(=O)N(c3ccc(C)c(Cl)c3)C2=O)cc1C. The Morgan fingerprint density at radius 3 is 2.08 bits per heavy atom. The highest BCUT2D eigenvalue weighted by molar-refractivity contribution is 6.60. The summed E-state index contributed by atoms with van der Waals surface area (Å²) in [6.45, 7) is 5.79. The van der Waals surface area contributed by atoms with Gasteiger partial charge in [-0.25, -0.2) is 4.90 Å². The lowest BCUT2D eigenvalue weighted by molar-refractivity contribution is -0.119. The van der Waals surface area contributed by atoms with Crippen molar-refractivity contribution in [3.05, 3.63) is 68.7 Å². The second-order valence-corrected chi connectivity index (χ2v) is 6.65.